The van der Waals surface area contributed by atoms with Crippen molar-refractivity contribution in [1.29, 1.82) is 0 Å². The van der Waals surface area contributed by atoms with Gasteiger partial charge in [0.2, 0.25) is 10.0 Å². The molecule has 1 heterocycles. The molecule has 0 aromatic heterocycles. The number of aryl methyl sites for hydroxylation is 1. The second kappa shape index (κ2) is 8.56. The maximum atomic E-state index is 12.3. The summed E-state index contributed by atoms with van der Waals surface area (Å²) in [5.74, 6) is -0.836. The number of carbonyl (C=O) groups is 2. The highest BCUT2D eigenvalue weighted by Crippen LogP contribution is 2.25. The molecule has 0 spiro atoms. The van der Waals surface area contributed by atoms with Crippen molar-refractivity contribution < 1.29 is 22.7 Å². The van der Waals surface area contributed by atoms with Crippen LogP contribution in [0.4, 0.5) is 5.69 Å². The Morgan fingerprint density at radius 2 is 1.82 bits per heavy atom. The molecule has 0 radical (unpaired) electrons. The number of hydrogen-bond donors (Lipinski definition) is 0. The largest absolute Gasteiger partial charge is 0.454 e. The van der Waals surface area contributed by atoms with Gasteiger partial charge >= 0.3 is 5.97 Å². The normalized spacial score (nSPS) is 15.4. The molecular weight excluding hydrogens is 378 g/mol. The first-order valence-corrected chi connectivity index (χ1v) is 10.9. The van der Waals surface area contributed by atoms with Crippen LogP contribution in [0.15, 0.2) is 48.5 Å². The molecule has 1 saturated heterocycles. The van der Waals surface area contributed by atoms with E-state index < -0.39 is 16.0 Å². The van der Waals surface area contributed by atoms with Crippen molar-refractivity contribution in [2.24, 2.45) is 0 Å². The number of esters is 1. The minimum Gasteiger partial charge on any atom is -0.454 e. The fourth-order valence-corrected chi connectivity index (χ4v) is 4.72. The number of ether oxygens (including phenoxy) is 1. The average Bonchev–Trinajstić information content (AvgIpc) is 3.06. The number of carbonyl (C=O) groups excluding carboxylic acids is 2. The summed E-state index contributed by atoms with van der Waals surface area (Å²) in [6, 6.07) is 13.5. The molecule has 0 unspecified atom stereocenters. The van der Waals surface area contributed by atoms with E-state index in [-0.39, 0.29) is 23.7 Å². The third-order valence-corrected chi connectivity index (χ3v) is 6.49. The van der Waals surface area contributed by atoms with E-state index in [1.165, 1.54) is 10.4 Å². The van der Waals surface area contributed by atoms with Gasteiger partial charge < -0.3 is 4.74 Å². The van der Waals surface area contributed by atoms with E-state index in [1.54, 1.807) is 30.3 Å². The Bertz CT molecular complexity index is 967. The summed E-state index contributed by atoms with van der Waals surface area (Å²) in [7, 11) is -3.33. The van der Waals surface area contributed by atoms with Crippen LogP contribution in [0.2, 0.25) is 0 Å². The van der Waals surface area contributed by atoms with Crippen LogP contribution in [0.3, 0.4) is 0 Å². The smallest absolute Gasteiger partial charge is 0.338 e. The van der Waals surface area contributed by atoms with Gasteiger partial charge in [0.05, 0.1) is 17.0 Å². The molecule has 2 aromatic carbocycles. The van der Waals surface area contributed by atoms with Crippen LogP contribution in [-0.2, 0) is 21.2 Å². The first kappa shape index (κ1) is 20.1. The van der Waals surface area contributed by atoms with E-state index in [4.69, 9.17) is 4.74 Å². The Morgan fingerprint density at radius 1 is 1.07 bits per heavy atom. The predicted molar refractivity (Wildman–Crippen MR) is 107 cm³/mol. The maximum Gasteiger partial charge on any atom is 0.338 e. The Kier molecular flexibility index (Phi) is 6.14. The molecule has 0 bridgehead atoms. The zero-order valence-electron chi connectivity index (χ0n) is 15.8. The van der Waals surface area contributed by atoms with Crippen molar-refractivity contribution >= 4 is 27.5 Å². The van der Waals surface area contributed by atoms with Crippen molar-refractivity contribution in [3.63, 3.8) is 0 Å². The average molecular weight is 401 g/mol. The van der Waals surface area contributed by atoms with Gasteiger partial charge in [0.25, 0.3) is 0 Å². The molecule has 7 heteroatoms. The third-order valence-electron chi connectivity index (χ3n) is 4.62. The number of nitrogens with zero attached hydrogens (tertiary/aromatic N) is 1. The second-order valence-electron chi connectivity index (χ2n) is 6.74. The summed E-state index contributed by atoms with van der Waals surface area (Å²) in [5.41, 5.74) is 2.30. The number of anilines is 1. The third kappa shape index (κ3) is 4.59. The summed E-state index contributed by atoms with van der Waals surface area (Å²) in [5, 5.41) is 0. The van der Waals surface area contributed by atoms with E-state index in [0.717, 1.165) is 18.4 Å². The van der Waals surface area contributed by atoms with Gasteiger partial charge in [-0.3, -0.25) is 9.10 Å². The molecule has 0 aliphatic carbocycles. The molecule has 3 rings (SSSR count). The van der Waals surface area contributed by atoms with Gasteiger partial charge in [-0.1, -0.05) is 43.7 Å². The zero-order chi connectivity index (χ0) is 20.1. The fraction of sp³-hybridized carbons (Fsp3) is 0.333. The van der Waals surface area contributed by atoms with Crippen LogP contribution in [0, 0.1) is 0 Å². The highest BCUT2D eigenvalue weighted by molar-refractivity contribution is 7.93. The van der Waals surface area contributed by atoms with Crippen LogP contribution >= 0.6 is 0 Å². The van der Waals surface area contributed by atoms with Gasteiger partial charge in [-0.2, -0.15) is 0 Å². The Labute approximate surface area is 165 Å². The number of sulfonamides is 1. The molecule has 0 N–H and O–H groups in total. The van der Waals surface area contributed by atoms with Gasteiger partial charge in [-0.15, -0.1) is 0 Å². The summed E-state index contributed by atoms with van der Waals surface area (Å²) < 4.78 is 30.5. The van der Waals surface area contributed by atoms with E-state index in [1.807, 2.05) is 12.1 Å². The number of ketones is 1. The van der Waals surface area contributed by atoms with Crippen molar-refractivity contribution in [2.75, 3.05) is 23.2 Å². The minimum atomic E-state index is -3.33. The molecule has 2 aromatic rings. The SMILES string of the molecule is CCCc1ccc(C(=O)COC(=O)c2cccc(N3CCCS3(=O)=O)c2)cc1. The van der Waals surface area contributed by atoms with Crippen molar-refractivity contribution in [3.05, 3.63) is 65.2 Å². The van der Waals surface area contributed by atoms with Gasteiger partial charge in [0.1, 0.15) is 0 Å². The predicted octanol–water partition coefficient (Wildman–Crippen LogP) is 3.22. The molecule has 0 atom stereocenters. The standard InChI is InChI=1S/C21H23NO5S/c1-2-5-16-8-10-17(11-9-16)20(23)15-27-21(24)18-6-3-7-19(14-18)22-12-4-13-28(22,25)26/h3,6-11,14H,2,4-5,12-13,15H2,1H3. The molecular formula is C21H23NO5S. The van der Waals surface area contributed by atoms with Gasteiger partial charge in [0.15, 0.2) is 12.4 Å². The first-order chi connectivity index (χ1) is 13.4. The maximum absolute atomic E-state index is 12.3. The van der Waals surface area contributed by atoms with E-state index in [0.29, 0.717) is 24.2 Å². The summed E-state index contributed by atoms with van der Waals surface area (Å²) in [6.45, 7) is 2.12. The lowest BCUT2D eigenvalue weighted by atomic mass is 10.1. The Morgan fingerprint density at radius 3 is 2.46 bits per heavy atom. The zero-order valence-corrected chi connectivity index (χ0v) is 16.6. The highest BCUT2D eigenvalue weighted by atomic mass is 32.2. The highest BCUT2D eigenvalue weighted by Gasteiger charge is 2.28. The molecule has 1 aliphatic rings. The summed E-state index contributed by atoms with van der Waals surface area (Å²) in [6.07, 6.45) is 2.54. The van der Waals surface area contributed by atoms with Crippen LogP contribution in [-0.4, -0.2) is 39.1 Å². The monoisotopic (exact) mass is 401 g/mol. The topological polar surface area (TPSA) is 80.8 Å². The van der Waals surface area contributed by atoms with E-state index >= 15 is 0 Å². The molecule has 0 amide bonds. The van der Waals surface area contributed by atoms with E-state index in [2.05, 4.69) is 6.92 Å². The van der Waals surface area contributed by atoms with Crippen LogP contribution in [0.25, 0.3) is 0 Å². The molecule has 1 fully saturated rings. The van der Waals surface area contributed by atoms with Gasteiger partial charge in [-0.05, 0) is 36.6 Å². The summed E-state index contributed by atoms with van der Waals surface area (Å²) in [4.78, 5) is 24.6. The number of Topliss-reactive ketones (excluding diaryl/α,β-unsaturated/α-hetero) is 1. The quantitative estimate of drug-likeness (QED) is 0.526. The lowest BCUT2D eigenvalue weighted by Crippen LogP contribution is -2.25. The second-order valence-corrected chi connectivity index (χ2v) is 8.75. The van der Waals surface area contributed by atoms with Crippen molar-refractivity contribution in [2.45, 2.75) is 26.2 Å². The van der Waals surface area contributed by atoms with Gasteiger partial charge in [0, 0.05) is 12.1 Å². The van der Waals surface area contributed by atoms with Crippen molar-refractivity contribution in [3.8, 4) is 0 Å². The van der Waals surface area contributed by atoms with Crippen LogP contribution in [0.5, 0.6) is 0 Å². The van der Waals surface area contributed by atoms with Crippen LogP contribution in [0.1, 0.15) is 46.0 Å². The Balaban J connectivity index is 1.63. The first-order valence-electron chi connectivity index (χ1n) is 9.30. The minimum absolute atomic E-state index is 0.104. The van der Waals surface area contributed by atoms with Crippen LogP contribution < -0.4 is 4.31 Å². The molecule has 6 nitrogen and oxygen atoms in total. The number of benzene rings is 2. The lowest BCUT2D eigenvalue weighted by molar-refractivity contribution is 0.0475. The molecule has 28 heavy (non-hydrogen) atoms. The van der Waals surface area contributed by atoms with Crippen molar-refractivity contribution in [1.82, 2.24) is 0 Å². The van der Waals surface area contributed by atoms with Gasteiger partial charge in [-0.25, -0.2) is 13.2 Å². The molecule has 1 aliphatic heterocycles. The fourth-order valence-electron chi connectivity index (χ4n) is 3.16. The molecule has 148 valence electrons. The lowest BCUT2D eigenvalue weighted by Gasteiger charge is -2.17. The molecule has 0 saturated carbocycles. The number of hydrogen-bond acceptors (Lipinski definition) is 5. The summed E-state index contributed by atoms with van der Waals surface area (Å²) >= 11 is 0. The van der Waals surface area contributed by atoms with E-state index in [9.17, 15) is 18.0 Å². The number of rotatable bonds is 7. The Hall–Kier alpha value is -2.67.